The summed E-state index contributed by atoms with van der Waals surface area (Å²) in [5, 5.41) is 10.5. The molecule has 3 aromatic heterocycles. The lowest BCUT2D eigenvalue weighted by atomic mass is 10.0. The Morgan fingerprint density at radius 1 is 1.33 bits per heavy atom. The van der Waals surface area contributed by atoms with Crippen molar-refractivity contribution < 1.29 is 14.3 Å². The van der Waals surface area contributed by atoms with Gasteiger partial charge < -0.3 is 14.2 Å². The van der Waals surface area contributed by atoms with Crippen molar-refractivity contribution >= 4 is 34.2 Å². The standard InChI is InChI=1S/C23H24N6O3S/c1-3-21(30)29(20-6-4-5-8-25-20)22-18(12-24)17-7-9-28(14-19(17)33-22)23(31)32-11-10-27-13-16(2)26-15-27/h4-6,8,13,15H,3,7,9-11,14H2,1-2H3. The number of fused-ring (bicyclic) bond motifs is 1. The van der Waals surface area contributed by atoms with Gasteiger partial charge in [0, 0.05) is 30.2 Å². The molecule has 0 bridgehead atoms. The van der Waals surface area contributed by atoms with E-state index in [1.165, 1.54) is 16.2 Å². The average molecular weight is 465 g/mol. The monoisotopic (exact) mass is 464 g/mol. The summed E-state index contributed by atoms with van der Waals surface area (Å²) in [5.74, 6) is 0.334. The molecule has 0 N–H and O–H groups in total. The topological polar surface area (TPSA) is 104 Å². The molecule has 33 heavy (non-hydrogen) atoms. The van der Waals surface area contributed by atoms with E-state index >= 15 is 0 Å². The zero-order valence-corrected chi connectivity index (χ0v) is 19.3. The second-order valence-corrected chi connectivity index (χ2v) is 8.69. The van der Waals surface area contributed by atoms with E-state index < -0.39 is 6.09 Å². The van der Waals surface area contributed by atoms with Crippen LogP contribution in [0.4, 0.5) is 15.6 Å². The van der Waals surface area contributed by atoms with E-state index in [-0.39, 0.29) is 18.9 Å². The van der Waals surface area contributed by atoms with Crippen molar-refractivity contribution in [2.75, 3.05) is 18.1 Å². The summed E-state index contributed by atoms with van der Waals surface area (Å²) in [6.45, 7) is 5.25. The third kappa shape index (κ3) is 4.73. The molecule has 170 valence electrons. The molecule has 2 amide bonds. The zero-order valence-electron chi connectivity index (χ0n) is 18.5. The third-order valence-electron chi connectivity index (χ3n) is 5.38. The molecular formula is C23H24N6O3S. The van der Waals surface area contributed by atoms with E-state index in [9.17, 15) is 14.9 Å². The van der Waals surface area contributed by atoms with Crippen molar-refractivity contribution in [3.8, 4) is 6.07 Å². The molecule has 0 saturated heterocycles. The van der Waals surface area contributed by atoms with Gasteiger partial charge in [-0.25, -0.2) is 14.8 Å². The lowest BCUT2D eigenvalue weighted by Gasteiger charge is -2.26. The second kappa shape index (κ2) is 9.83. The van der Waals surface area contributed by atoms with Crippen LogP contribution >= 0.6 is 11.3 Å². The number of hydrogen-bond acceptors (Lipinski definition) is 7. The Kier molecular flexibility index (Phi) is 6.70. The van der Waals surface area contributed by atoms with Crippen LogP contribution in [0.2, 0.25) is 0 Å². The minimum absolute atomic E-state index is 0.144. The molecule has 0 aromatic carbocycles. The summed E-state index contributed by atoms with van der Waals surface area (Å²) < 4.78 is 7.32. The van der Waals surface area contributed by atoms with Gasteiger partial charge in [-0.2, -0.15) is 5.26 Å². The average Bonchev–Trinajstić information content (AvgIpc) is 3.41. The van der Waals surface area contributed by atoms with E-state index in [4.69, 9.17) is 4.74 Å². The number of aryl methyl sites for hydroxylation is 1. The van der Waals surface area contributed by atoms with Gasteiger partial charge in [-0.3, -0.25) is 9.69 Å². The third-order valence-corrected chi connectivity index (χ3v) is 6.58. The summed E-state index contributed by atoms with van der Waals surface area (Å²) >= 11 is 1.36. The fourth-order valence-corrected chi connectivity index (χ4v) is 5.07. The van der Waals surface area contributed by atoms with Crippen molar-refractivity contribution in [1.29, 1.82) is 5.26 Å². The predicted octanol–water partition coefficient (Wildman–Crippen LogP) is 3.79. The molecule has 1 aliphatic rings. The number of rotatable bonds is 6. The zero-order chi connectivity index (χ0) is 23.4. The van der Waals surface area contributed by atoms with Crippen LogP contribution < -0.4 is 4.90 Å². The van der Waals surface area contributed by atoms with Crippen LogP contribution in [0.5, 0.6) is 0 Å². The number of ether oxygens (including phenoxy) is 1. The second-order valence-electron chi connectivity index (χ2n) is 7.61. The minimum Gasteiger partial charge on any atom is -0.448 e. The van der Waals surface area contributed by atoms with E-state index in [1.807, 2.05) is 17.7 Å². The number of imidazole rings is 1. The fraction of sp³-hybridized carbons (Fsp3) is 0.348. The predicted molar refractivity (Wildman–Crippen MR) is 123 cm³/mol. The Morgan fingerprint density at radius 3 is 2.85 bits per heavy atom. The Balaban J connectivity index is 1.51. The largest absolute Gasteiger partial charge is 0.448 e. The maximum Gasteiger partial charge on any atom is 0.410 e. The number of pyridine rings is 1. The van der Waals surface area contributed by atoms with E-state index in [0.29, 0.717) is 42.4 Å². The van der Waals surface area contributed by atoms with Gasteiger partial charge >= 0.3 is 6.09 Å². The van der Waals surface area contributed by atoms with Crippen LogP contribution in [0.3, 0.4) is 0 Å². The lowest BCUT2D eigenvalue weighted by molar-refractivity contribution is -0.117. The first kappa shape index (κ1) is 22.5. The van der Waals surface area contributed by atoms with Crippen molar-refractivity contribution in [2.45, 2.75) is 39.8 Å². The fourth-order valence-electron chi connectivity index (χ4n) is 3.73. The van der Waals surface area contributed by atoms with Crippen molar-refractivity contribution in [3.63, 3.8) is 0 Å². The van der Waals surface area contributed by atoms with Gasteiger partial charge in [0.05, 0.1) is 30.7 Å². The highest BCUT2D eigenvalue weighted by molar-refractivity contribution is 7.16. The molecule has 10 heteroatoms. The molecule has 3 aromatic rings. The van der Waals surface area contributed by atoms with Crippen molar-refractivity contribution in [3.05, 3.63) is 58.6 Å². The molecule has 0 fully saturated rings. The lowest BCUT2D eigenvalue weighted by Crippen LogP contribution is -2.36. The van der Waals surface area contributed by atoms with Gasteiger partial charge in [-0.15, -0.1) is 11.3 Å². The van der Waals surface area contributed by atoms with Crippen LogP contribution in [0.25, 0.3) is 0 Å². The van der Waals surface area contributed by atoms with Crippen molar-refractivity contribution in [2.24, 2.45) is 0 Å². The Labute approximate surface area is 195 Å². The van der Waals surface area contributed by atoms with E-state index in [1.54, 1.807) is 42.5 Å². The number of carbonyl (C=O) groups excluding carboxylic acids is 2. The van der Waals surface area contributed by atoms with Crippen molar-refractivity contribution in [1.82, 2.24) is 19.4 Å². The maximum atomic E-state index is 12.8. The SMILES string of the molecule is CCC(=O)N(c1ccccn1)c1sc2c(c1C#N)CCN(C(=O)OCCn1cnc(C)c1)C2. The molecule has 0 atom stereocenters. The van der Waals surface area contributed by atoms with Crippen LogP contribution in [0, 0.1) is 18.3 Å². The van der Waals surface area contributed by atoms with Crippen LogP contribution in [-0.4, -0.2) is 44.6 Å². The Morgan fingerprint density at radius 2 is 2.18 bits per heavy atom. The van der Waals surface area contributed by atoms with Crippen LogP contribution in [0.1, 0.15) is 35.0 Å². The summed E-state index contributed by atoms with van der Waals surface area (Å²) in [6.07, 6.45) is 5.63. The van der Waals surface area contributed by atoms with Gasteiger partial charge in [0.25, 0.3) is 0 Å². The van der Waals surface area contributed by atoms with E-state index in [2.05, 4.69) is 16.0 Å². The van der Waals surface area contributed by atoms with Gasteiger partial charge in [0.2, 0.25) is 5.91 Å². The van der Waals surface area contributed by atoms with E-state index in [0.717, 1.165) is 16.1 Å². The molecule has 4 heterocycles. The summed E-state index contributed by atoms with van der Waals surface area (Å²) in [5.41, 5.74) is 2.28. The smallest absolute Gasteiger partial charge is 0.410 e. The first-order chi connectivity index (χ1) is 16.0. The molecule has 0 radical (unpaired) electrons. The number of nitrogens with zero attached hydrogens (tertiary/aromatic N) is 6. The number of aromatic nitrogens is 3. The molecule has 1 aliphatic heterocycles. The van der Waals surface area contributed by atoms with Gasteiger partial charge in [0.15, 0.2) is 0 Å². The molecule has 9 nitrogen and oxygen atoms in total. The number of thiophene rings is 1. The highest BCUT2D eigenvalue weighted by Crippen LogP contribution is 2.41. The summed E-state index contributed by atoms with van der Waals surface area (Å²) in [4.78, 5) is 37.9. The number of carbonyl (C=O) groups is 2. The number of nitriles is 1. The summed E-state index contributed by atoms with van der Waals surface area (Å²) in [7, 11) is 0. The Hall–Kier alpha value is -3.71. The molecular weight excluding hydrogens is 440 g/mol. The normalized spacial score (nSPS) is 12.7. The molecule has 0 spiro atoms. The first-order valence-corrected chi connectivity index (χ1v) is 11.5. The molecule has 0 saturated carbocycles. The minimum atomic E-state index is -0.392. The molecule has 0 aliphatic carbocycles. The number of anilines is 2. The van der Waals surface area contributed by atoms with Gasteiger partial charge in [-0.1, -0.05) is 13.0 Å². The summed E-state index contributed by atoms with van der Waals surface area (Å²) in [6, 6.07) is 7.61. The first-order valence-electron chi connectivity index (χ1n) is 10.7. The van der Waals surface area contributed by atoms with Gasteiger partial charge in [-0.05, 0) is 31.0 Å². The highest BCUT2D eigenvalue weighted by atomic mass is 32.1. The number of amides is 2. The highest BCUT2D eigenvalue weighted by Gasteiger charge is 2.31. The van der Waals surface area contributed by atoms with Gasteiger partial charge in [0.1, 0.15) is 23.5 Å². The maximum absolute atomic E-state index is 12.8. The molecule has 0 unspecified atom stereocenters. The van der Waals surface area contributed by atoms with Crippen LogP contribution in [-0.2, 0) is 29.0 Å². The number of hydrogen-bond donors (Lipinski definition) is 0. The Bertz CT molecular complexity index is 1200. The van der Waals surface area contributed by atoms with Crippen LogP contribution in [0.15, 0.2) is 36.9 Å². The quantitative estimate of drug-likeness (QED) is 0.550. The molecule has 4 rings (SSSR count).